The third-order valence-electron chi connectivity index (χ3n) is 1.87. The van der Waals surface area contributed by atoms with Crippen LogP contribution in [-0.4, -0.2) is 11.1 Å². The molecular weight excluding hydrogens is 168 g/mol. The van der Waals surface area contributed by atoms with Gasteiger partial charge in [0.15, 0.2) is 0 Å². The van der Waals surface area contributed by atoms with Crippen LogP contribution in [0.2, 0.25) is 0 Å². The number of nitrogens with one attached hydrogen (secondary N) is 2. The number of carboxylic acid groups (broad SMARTS) is 1. The van der Waals surface area contributed by atoms with Gasteiger partial charge in [-0.3, -0.25) is 0 Å². The Kier molecular flexibility index (Phi) is 1.66. The van der Waals surface area contributed by atoms with E-state index in [1.165, 1.54) is 6.20 Å². The Labute approximate surface area is 74.9 Å². The molecule has 0 saturated heterocycles. The number of hydrogen-bond donors (Lipinski definition) is 3. The highest BCUT2D eigenvalue weighted by molar-refractivity contribution is 6.17. The lowest BCUT2D eigenvalue weighted by Gasteiger charge is -2.17. The van der Waals surface area contributed by atoms with Crippen molar-refractivity contribution in [1.29, 1.82) is 0 Å². The van der Waals surface area contributed by atoms with Gasteiger partial charge in [0.25, 0.3) is 0 Å². The van der Waals surface area contributed by atoms with E-state index in [4.69, 9.17) is 5.11 Å². The first kappa shape index (κ1) is 7.67. The van der Waals surface area contributed by atoms with Crippen LogP contribution in [0.5, 0.6) is 0 Å². The fourth-order valence-electron chi connectivity index (χ4n) is 1.27. The average molecular weight is 176 g/mol. The van der Waals surface area contributed by atoms with E-state index in [1.54, 1.807) is 6.07 Å². The molecule has 0 bridgehead atoms. The minimum absolute atomic E-state index is 0.273. The van der Waals surface area contributed by atoms with E-state index in [1.807, 2.05) is 18.2 Å². The van der Waals surface area contributed by atoms with E-state index in [-0.39, 0.29) is 5.57 Å². The number of hydrazine groups is 1. The Morgan fingerprint density at radius 3 is 2.85 bits per heavy atom. The Morgan fingerprint density at radius 1 is 1.31 bits per heavy atom. The zero-order valence-corrected chi connectivity index (χ0v) is 6.74. The molecule has 1 heterocycles. The Hall–Kier alpha value is -1.97. The Bertz CT molecular complexity index is 385. The van der Waals surface area contributed by atoms with Gasteiger partial charge >= 0.3 is 5.97 Å². The van der Waals surface area contributed by atoms with Crippen molar-refractivity contribution in [2.24, 2.45) is 0 Å². The number of benzene rings is 1. The molecule has 0 aliphatic carbocycles. The average Bonchev–Trinajstić information content (AvgIpc) is 2.17. The van der Waals surface area contributed by atoms with Gasteiger partial charge in [-0.05, 0) is 6.07 Å². The van der Waals surface area contributed by atoms with Gasteiger partial charge in [-0.25, -0.2) is 4.79 Å². The minimum atomic E-state index is -0.929. The van der Waals surface area contributed by atoms with Crippen LogP contribution in [0.3, 0.4) is 0 Å². The first-order valence-electron chi connectivity index (χ1n) is 3.83. The molecular formula is C9H8N2O2. The summed E-state index contributed by atoms with van der Waals surface area (Å²) in [6.07, 6.45) is 1.44. The van der Waals surface area contributed by atoms with Crippen molar-refractivity contribution in [3.63, 3.8) is 0 Å². The monoisotopic (exact) mass is 176 g/mol. The number of rotatable bonds is 1. The molecule has 4 nitrogen and oxygen atoms in total. The summed E-state index contributed by atoms with van der Waals surface area (Å²) in [5.41, 5.74) is 7.29. The summed E-state index contributed by atoms with van der Waals surface area (Å²) < 4.78 is 0. The lowest BCUT2D eigenvalue weighted by Crippen LogP contribution is -2.22. The fourth-order valence-corrected chi connectivity index (χ4v) is 1.27. The van der Waals surface area contributed by atoms with Gasteiger partial charge in [-0.2, -0.15) is 0 Å². The predicted octanol–water partition coefficient (Wildman–Crippen LogP) is 1.04. The van der Waals surface area contributed by atoms with Gasteiger partial charge in [-0.15, -0.1) is 0 Å². The first-order valence-corrected chi connectivity index (χ1v) is 3.83. The van der Waals surface area contributed by atoms with Crippen LogP contribution in [0, 0.1) is 0 Å². The van der Waals surface area contributed by atoms with Crippen LogP contribution in [0.4, 0.5) is 5.69 Å². The smallest absolute Gasteiger partial charge is 0.337 e. The summed E-state index contributed by atoms with van der Waals surface area (Å²) in [5, 5.41) is 8.85. The van der Waals surface area contributed by atoms with Crippen LogP contribution in [0.15, 0.2) is 30.5 Å². The molecule has 0 unspecified atom stereocenters. The fraction of sp³-hybridized carbons (Fsp3) is 0. The molecule has 0 fully saturated rings. The number of para-hydroxylation sites is 1. The van der Waals surface area contributed by atoms with Crippen molar-refractivity contribution in [3.8, 4) is 0 Å². The van der Waals surface area contributed by atoms with E-state index in [9.17, 15) is 4.79 Å². The van der Waals surface area contributed by atoms with Crippen molar-refractivity contribution < 1.29 is 9.90 Å². The molecule has 1 aliphatic rings. The number of carboxylic acids is 1. The normalized spacial score (nSPS) is 13.4. The third kappa shape index (κ3) is 1.22. The number of carbonyl (C=O) groups is 1. The van der Waals surface area contributed by atoms with Crippen LogP contribution >= 0.6 is 0 Å². The second-order valence-corrected chi connectivity index (χ2v) is 2.68. The molecule has 0 aromatic heterocycles. The zero-order chi connectivity index (χ0) is 9.26. The summed E-state index contributed by atoms with van der Waals surface area (Å²) in [4.78, 5) is 10.8. The van der Waals surface area contributed by atoms with Crippen LogP contribution < -0.4 is 10.9 Å². The molecule has 2 rings (SSSR count). The molecule has 0 amide bonds. The molecule has 66 valence electrons. The molecule has 0 saturated carbocycles. The maximum absolute atomic E-state index is 10.8. The minimum Gasteiger partial charge on any atom is -0.478 e. The molecule has 4 heteroatoms. The molecule has 1 aromatic carbocycles. The number of aliphatic carboxylic acids is 1. The lowest BCUT2D eigenvalue weighted by atomic mass is 10.0. The van der Waals surface area contributed by atoms with E-state index < -0.39 is 5.97 Å². The van der Waals surface area contributed by atoms with Crippen molar-refractivity contribution in [2.45, 2.75) is 0 Å². The molecule has 13 heavy (non-hydrogen) atoms. The highest BCUT2D eigenvalue weighted by Gasteiger charge is 2.16. The Balaban J connectivity index is 2.53. The Morgan fingerprint density at radius 2 is 2.08 bits per heavy atom. The molecule has 1 aromatic rings. The summed E-state index contributed by atoms with van der Waals surface area (Å²) in [7, 11) is 0. The quantitative estimate of drug-likeness (QED) is 0.598. The van der Waals surface area contributed by atoms with Crippen LogP contribution in [-0.2, 0) is 4.79 Å². The highest BCUT2D eigenvalue weighted by atomic mass is 16.4. The molecule has 3 N–H and O–H groups in total. The van der Waals surface area contributed by atoms with Crippen molar-refractivity contribution >= 4 is 17.2 Å². The van der Waals surface area contributed by atoms with E-state index in [0.717, 1.165) is 5.69 Å². The van der Waals surface area contributed by atoms with Gasteiger partial charge < -0.3 is 16.0 Å². The van der Waals surface area contributed by atoms with Crippen molar-refractivity contribution in [1.82, 2.24) is 5.43 Å². The third-order valence-corrected chi connectivity index (χ3v) is 1.87. The largest absolute Gasteiger partial charge is 0.478 e. The molecule has 0 atom stereocenters. The predicted molar refractivity (Wildman–Crippen MR) is 48.8 cm³/mol. The highest BCUT2D eigenvalue weighted by Crippen LogP contribution is 2.25. The second kappa shape index (κ2) is 2.82. The van der Waals surface area contributed by atoms with Gasteiger partial charge in [-0.1, -0.05) is 18.2 Å². The second-order valence-electron chi connectivity index (χ2n) is 2.68. The van der Waals surface area contributed by atoms with Crippen molar-refractivity contribution in [3.05, 3.63) is 36.0 Å². The topological polar surface area (TPSA) is 61.4 Å². The zero-order valence-electron chi connectivity index (χ0n) is 6.74. The SMILES string of the molecule is O=C(O)C1=CNNc2ccccc21. The van der Waals surface area contributed by atoms with Gasteiger partial charge in [0, 0.05) is 11.8 Å². The lowest BCUT2D eigenvalue weighted by molar-refractivity contribution is -0.130. The van der Waals surface area contributed by atoms with Crippen LogP contribution in [0.1, 0.15) is 5.56 Å². The van der Waals surface area contributed by atoms with E-state index in [0.29, 0.717) is 5.56 Å². The van der Waals surface area contributed by atoms with E-state index in [2.05, 4.69) is 10.9 Å². The summed E-state index contributed by atoms with van der Waals surface area (Å²) >= 11 is 0. The van der Waals surface area contributed by atoms with Crippen LogP contribution in [0.25, 0.3) is 5.57 Å². The van der Waals surface area contributed by atoms with E-state index >= 15 is 0 Å². The molecule has 0 radical (unpaired) electrons. The summed E-state index contributed by atoms with van der Waals surface area (Å²) in [6.45, 7) is 0. The molecule has 1 aliphatic heterocycles. The summed E-state index contributed by atoms with van der Waals surface area (Å²) in [6, 6.07) is 7.24. The van der Waals surface area contributed by atoms with Gasteiger partial charge in [0.2, 0.25) is 0 Å². The maximum atomic E-state index is 10.8. The van der Waals surface area contributed by atoms with Gasteiger partial charge in [0.1, 0.15) is 0 Å². The van der Waals surface area contributed by atoms with Gasteiger partial charge in [0.05, 0.1) is 11.3 Å². The molecule has 0 spiro atoms. The number of anilines is 1. The summed E-state index contributed by atoms with van der Waals surface area (Å²) in [5.74, 6) is -0.929. The van der Waals surface area contributed by atoms with Crippen molar-refractivity contribution in [2.75, 3.05) is 5.43 Å². The maximum Gasteiger partial charge on any atom is 0.337 e. The number of fused-ring (bicyclic) bond motifs is 1. The number of hydrogen-bond acceptors (Lipinski definition) is 3. The first-order chi connectivity index (χ1) is 6.29. The standard InChI is InChI=1S/C9H8N2O2/c12-9(13)7-5-10-11-8-4-2-1-3-6(7)8/h1-5,10-11H,(H,12,13).